The lowest BCUT2D eigenvalue weighted by Crippen LogP contribution is -2.39. The Morgan fingerprint density at radius 1 is 1.00 bits per heavy atom. The van der Waals surface area contributed by atoms with Crippen molar-refractivity contribution in [3.63, 3.8) is 0 Å². The zero-order valence-electron chi connectivity index (χ0n) is 17.9. The van der Waals surface area contributed by atoms with Gasteiger partial charge in [-0.05, 0) is 24.3 Å². The number of hydrogen-bond acceptors (Lipinski definition) is 6. The fraction of sp³-hybridized carbons (Fsp3) is 0.273. The van der Waals surface area contributed by atoms with Crippen molar-refractivity contribution < 1.29 is 26.7 Å². The summed E-state index contributed by atoms with van der Waals surface area (Å²) in [4.78, 5) is 26.3. The van der Waals surface area contributed by atoms with Crippen LogP contribution in [0, 0.1) is 0 Å². The molecule has 0 unspecified atom stereocenters. The van der Waals surface area contributed by atoms with Gasteiger partial charge in [0, 0.05) is 50.0 Å². The molecule has 0 radical (unpaired) electrons. The number of alkyl halides is 5. The summed E-state index contributed by atoms with van der Waals surface area (Å²) in [7, 11) is 0. The summed E-state index contributed by atoms with van der Waals surface area (Å²) in [5.41, 5.74) is 0.0463. The number of aromatic nitrogens is 3. The fourth-order valence-electron chi connectivity index (χ4n) is 3.45. The summed E-state index contributed by atoms with van der Waals surface area (Å²) >= 11 is 5.99. The molecule has 4 heterocycles. The third-order valence-corrected chi connectivity index (χ3v) is 5.51. The normalized spacial score (nSPS) is 15.5. The molecule has 0 aromatic carbocycles. The molecule has 184 valence electrons. The van der Waals surface area contributed by atoms with Gasteiger partial charge >= 0.3 is 6.18 Å². The molecule has 0 bridgehead atoms. The van der Waals surface area contributed by atoms with Gasteiger partial charge in [0.1, 0.15) is 16.8 Å². The second-order valence-corrected chi connectivity index (χ2v) is 8.19. The van der Waals surface area contributed by atoms with Crippen LogP contribution in [0.2, 0.25) is 5.15 Å². The van der Waals surface area contributed by atoms with Crippen molar-refractivity contribution in [2.45, 2.75) is 24.9 Å². The second-order valence-electron chi connectivity index (χ2n) is 7.81. The van der Waals surface area contributed by atoms with Gasteiger partial charge in [0.2, 0.25) is 0 Å². The number of nitrogens with zero attached hydrogens (tertiary/aromatic N) is 4. The third kappa shape index (κ3) is 6.13. The molecule has 13 heteroatoms. The van der Waals surface area contributed by atoms with E-state index < -0.39 is 23.6 Å². The lowest BCUT2D eigenvalue weighted by molar-refractivity contribution is -0.137. The van der Waals surface area contributed by atoms with Gasteiger partial charge in [0.25, 0.3) is 11.8 Å². The molecule has 3 aromatic heterocycles. The van der Waals surface area contributed by atoms with Gasteiger partial charge in [-0.3, -0.25) is 4.79 Å². The Morgan fingerprint density at radius 3 is 2.40 bits per heavy atom. The number of pyridine rings is 3. The molecule has 1 fully saturated rings. The maximum absolute atomic E-state index is 13.6. The van der Waals surface area contributed by atoms with E-state index in [2.05, 4.69) is 25.6 Å². The van der Waals surface area contributed by atoms with Crippen LogP contribution >= 0.6 is 11.6 Å². The van der Waals surface area contributed by atoms with Gasteiger partial charge in [0.05, 0.1) is 23.1 Å². The van der Waals surface area contributed by atoms with Crippen LogP contribution in [0.15, 0.2) is 48.9 Å². The van der Waals surface area contributed by atoms with Gasteiger partial charge in [0.15, 0.2) is 0 Å². The monoisotopic (exact) mass is 512 g/mol. The predicted octanol–water partition coefficient (Wildman–Crippen LogP) is 5.78. The summed E-state index contributed by atoms with van der Waals surface area (Å²) in [6.07, 6.45) is -1.78. The Morgan fingerprint density at radius 2 is 1.74 bits per heavy atom. The molecule has 1 aliphatic rings. The summed E-state index contributed by atoms with van der Waals surface area (Å²) in [6, 6.07) is 6.34. The summed E-state index contributed by atoms with van der Waals surface area (Å²) in [5, 5.41) is 5.59. The van der Waals surface area contributed by atoms with E-state index in [-0.39, 0.29) is 48.3 Å². The van der Waals surface area contributed by atoms with Crippen molar-refractivity contribution in [1.82, 2.24) is 15.0 Å². The molecule has 1 amide bonds. The van der Waals surface area contributed by atoms with Crippen LogP contribution in [0.25, 0.3) is 0 Å². The molecule has 7 nitrogen and oxygen atoms in total. The number of amides is 1. The smallest absolute Gasteiger partial charge is 0.369 e. The van der Waals surface area contributed by atoms with Crippen LogP contribution in [0.1, 0.15) is 28.8 Å². The summed E-state index contributed by atoms with van der Waals surface area (Å²) in [6.45, 7) is 0.166. The molecule has 1 saturated heterocycles. The maximum Gasteiger partial charge on any atom is 0.417 e. The highest BCUT2D eigenvalue weighted by Crippen LogP contribution is 2.35. The van der Waals surface area contributed by atoms with Crippen LogP contribution in [0.5, 0.6) is 0 Å². The molecular weight excluding hydrogens is 495 g/mol. The number of halogens is 6. The predicted molar refractivity (Wildman–Crippen MR) is 120 cm³/mol. The first-order chi connectivity index (χ1) is 16.5. The Labute approximate surface area is 201 Å². The third-order valence-electron chi connectivity index (χ3n) is 5.30. The SMILES string of the molecule is O=C(Nc1cnc(Cl)cc1N1CCC(F)(F)CC1)c1ccnc(Nc2ccc(C(F)(F)F)cn2)c1. The minimum absolute atomic E-state index is 0.0830. The van der Waals surface area contributed by atoms with E-state index in [4.69, 9.17) is 11.6 Å². The standard InChI is InChI=1S/C22H18ClF5N6O/c23-17-10-16(34-7-4-21(24,25)5-8-34)15(12-30-17)32-20(35)13-3-6-29-19(9-13)33-18-2-1-14(11-31-18)22(26,27)28/h1-3,6,9-12H,4-5,7-8H2,(H,32,35)(H,29,31,33). The van der Waals surface area contributed by atoms with E-state index in [0.29, 0.717) is 17.6 Å². The van der Waals surface area contributed by atoms with Crippen molar-refractivity contribution in [1.29, 1.82) is 0 Å². The average Bonchev–Trinajstić information content (AvgIpc) is 2.80. The lowest BCUT2D eigenvalue weighted by Gasteiger charge is -2.34. The van der Waals surface area contributed by atoms with Crippen molar-refractivity contribution in [2.75, 3.05) is 28.6 Å². The number of piperidine rings is 1. The first kappa shape index (κ1) is 24.6. The van der Waals surface area contributed by atoms with Gasteiger partial charge in [-0.1, -0.05) is 11.6 Å². The first-order valence-corrected chi connectivity index (χ1v) is 10.7. The number of carbonyl (C=O) groups is 1. The highest BCUT2D eigenvalue weighted by Gasteiger charge is 2.35. The molecular formula is C22H18ClF5N6O. The lowest BCUT2D eigenvalue weighted by atomic mass is 10.1. The Hall–Kier alpha value is -3.54. The van der Waals surface area contributed by atoms with E-state index in [1.165, 1.54) is 30.6 Å². The highest BCUT2D eigenvalue weighted by atomic mass is 35.5. The Balaban J connectivity index is 1.49. The minimum Gasteiger partial charge on any atom is -0.369 e. The fourth-order valence-corrected chi connectivity index (χ4v) is 3.61. The highest BCUT2D eigenvalue weighted by molar-refractivity contribution is 6.29. The number of nitrogens with one attached hydrogen (secondary N) is 2. The number of anilines is 4. The molecule has 3 aromatic rings. The van der Waals surface area contributed by atoms with E-state index in [1.54, 1.807) is 4.90 Å². The molecule has 1 aliphatic heterocycles. The summed E-state index contributed by atoms with van der Waals surface area (Å²) in [5.74, 6) is -2.99. The van der Waals surface area contributed by atoms with E-state index in [0.717, 1.165) is 12.1 Å². The largest absolute Gasteiger partial charge is 0.417 e. The molecule has 35 heavy (non-hydrogen) atoms. The molecule has 2 N–H and O–H groups in total. The van der Waals surface area contributed by atoms with Gasteiger partial charge < -0.3 is 15.5 Å². The summed E-state index contributed by atoms with van der Waals surface area (Å²) < 4.78 is 65.3. The number of carbonyl (C=O) groups excluding carboxylic acids is 1. The second kappa shape index (κ2) is 9.61. The topological polar surface area (TPSA) is 83.0 Å². The zero-order chi connectivity index (χ0) is 25.2. The van der Waals surface area contributed by atoms with Crippen LogP contribution in [-0.2, 0) is 6.18 Å². The van der Waals surface area contributed by atoms with Gasteiger partial charge in [-0.25, -0.2) is 23.7 Å². The Kier molecular flexibility index (Phi) is 6.75. The van der Waals surface area contributed by atoms with Crippen LogP contribution in [0.3, 0.4) is 0 Å². The van der Waals surface area contributed by atoms with Gasteiger partial charge in [-0.2, -0.15) is 13.2 Å². The average molecular weight is 513 g/mol. The molecule has 0 atom stereocenters. The van der Waals surface area contributed by atoms with Crippen LogP contribution in [-0.4, -0.2) is 39.9 Å². The Bertz CT molecular complexity index is 1210. The first-order valence-electron chi connectivity index (χ1n) is 10.4. The van der Waals surface area contributed by atoms with Crippen molar-refractivity contribution in [3.8, 4) is 0 Å². The van der Waals surface area contributed by atoms with Crippen molar-refractivity contribution in [2.24, 2.45) is 0 Å². The van der Waals surface area contributed by atoms with Crippen molar-refractivity contribution in [3.05, 3.63) is 65.2 Å². The van der Waals surface area contributed by atoms with E-state index in [1.807, 2.05) is 0 Å². The van der Waals surface area contributed by atoms with E-state index in [9.17, 15) is 26.7 Å². The maximum atomic E-state index is 13.6. The molecule has 4 rings (SSSR count). The van der Waals surface area contributed by atoms with E-state index >= 15 is 0 Å². The number of hydrogen-bond donors (Lipinski definition) is 2. The zero-order valence-corrected chi connectivity index (χ0v) is 18.7. The number of rotatable bonds is 5. The molecule has 0 aliphatic carbocycles. The minimum atomic E-state index is -4.51. The van der Waals surface area contributed by atoms with Crippen molar-refractivity contribution >= 4 is 40.5 Å². The van der Waals surface area contributed by atoms with Crippen LogP contribution < -0.4 is 15.5 Å². The van der Waals surface area contributed by atoms with Crippen LogP contribution in [0.4, 0.5) is 45.0 Å². The molecule has 0 saturated carbocycles. The van der Waals surface area contributed by atoms with Gasteiger partial charge in [-0.15, -0.1) is 0 Å². The molecule has 0 spiro atoms. The quantitative estimate of drug-likeness (QED) is 0.333.